The van der Waals surface area contributed by atoms with E-state index >= 15 is 0 Å². The number of unbranched alkanes of at least 4 members (excludes halogenated alkanes) is 1. The van der Waals surface area contributed by atoms with Gasteiger partial charge in [0.1, 0.15) is 6.29 Å². The third-order valence-corrected chi connectivity index (χ3v) is 6.84. The van der Waals surface area contributed by atoms with Crippen LogP contribution in [0.3, 0.4) is 0 Å². The average Bonchev–Trinajstić information content (AvgIpc) is 3.16. The van der Waals surface area contributed by atoms with Gasteiger partial charge in [-0.05, 0) is 69.0 Å². The van der Waals surface area contributed by atoms with Crippen molar-refractivity contribution in [1.29, 1.82) is 0 Å². The Labute approximate surface area is 194 Å². The van der Waals surface area contributed by atoms with Crippen molar-refractivity contribution in [2.24, 2.45) is 5.73 Å². The van der Waals surface area contributed by atoms with E-state index in [1.54, 1.807) is 0 Å². The summed E-state index contributed by atoms with van der Waals surface area (Å²) < 4.78 is 2.05. The quantitative estimate of drug-likeness (QED) is 0.308. The van der Waals surface area contributed by atoms with Gasteiger partial charge in [-0.3, -0.25) is 14.9 Å². The molecule has 0 amide bonds. The van der Waals surface area contributed by atoms with E-state index in [-0.39, 0.29) is 0 Å². The molecule has 4 aromatic rings. The first-order valence-corrected chi connectivity index (χ1v) is 12.0. The first-order chi connectivity index (χ1) is 16.3. The minimum atomic E-state index is 0.307. The van der Waals surface area contributed by atoms with Gasteiger partial charge in [-0.2, -0.15) is 0 Å². The summed E-state index contributed by atoms with van der Waals surface area (Å²) in [6.45, 7) is 2.80. The second-order valence-electron chi connectivity index (χ2n) is 8.91. The highest BCUT2D eigenvalue weighted by Gasteiger charge is 2.27. The van der Waals surface area contributed by atoms with Gasteiger partial charge >= 0.3 is 0 Å². The number of aromatic nitrogens is 3. The summed E-state index contributed by atoms with van der Waals surface area (Å²) in [6.07, 6.45) is 10.3. The Hall–Kier alpha value is -3.09. The van der Waals surface area contributed by atoms with Crippen molar-refractivity contribution in [3.8, 4) is 0 Å². The van der Waals surface area contributed by atoms with E-state index in [9.17, 15) is 4.79 Å². The molecule has 2 N–H and O–H groups in total. The Balaban J connectivity index is 1.51. The van der Waals surface area contributed by atoms with Gasteiger partial charge in [0, 0.05) is 29.0 Å². The maximum Gasteiger partial charge on any atom is 0.139 e. The number of benzene rings is 1. The number of hydrogen-bond acceptors (Lipinski definition) is 5. The number of hydrogen-bond donors (Lipinski definition) is 1. The predicted molar refractivity (Wildman–Crippen MR) is 132 cm³/mol. The zero-order valence-corrected chi connectivity index (χ0v) is 19.0. The lowest BCUT2D eigenvalue weighted by Gasteiger charge is -2.35. The van der Waals surface area contributed by atoms with Gasteiger partial charge in [0.2, 0.25) is 0 Å². The third-order valence-electron chi connectivity index (χ3n) is 6.84. The van der Waals surface area contributed by atoms with Gasteiger partial charge in [0.05, 0.1) is 35.7 Å². The molecule has 0 saturated heterocycles. The van der Waals surface area contributed by atoms with E-state index in [0.29, 0.717) is 19.1 Å². The maximum atomic E-state index is 11.3. The second-order valence-corrected chi connectivity index (χ2v) is 8.91. The van der Waals surface area contributed by atoms with Crippen molar-refractivity contribution < 1.29 is 4.79 Å². The largest absolute Gasteiger partial charge is 0.332 e. The number of rotatable bonds is 9. The van der Waals surface area contributed by atoms with Crippen LogP contribution < -0.4 is 5.73 Å². The molecule has 0 aliphatic heterocycles. The lowest BCUT2D eigenvalue weighted by molar-refractivity contribution is -0.108. The van der Waals surface area contributed by atoms with Gasteiger partial charge in [0.15, 0.2) is 0 Å². The zero-order valence-electron chi connectivity index (χ0n) is 19.0. The van der Waals surface area contributed by atoms with Crippen LogP contribution in [0.1, 0.15) is 48.7 Å². The molecule has 1 aliphatic rings. The van der Waals surface area contributed by atoms with Gasteiger partial charge in [-0.15, -0.1) is 0 Å². The standard InChI is InChI=1S/C27H31N5O/c28-12-3-4-14-31(25-11-5-7-20-8-6-13-29-27(20)25)19-21-17-23-22-9-1-2-10-24(22)32(15-16-33)26(23)18-30-21/h1-2,6,8-10,13,16-18,25H,3-5,7,11-12,14-15,19,28H2/t25-/m0/s1. The highest BCUT2D eigenvalue weighted by atomic mass is 16.1. The lowest BCUT2D eigenvalue weighted by atomic mass is 9.90. The Morgan fingerprint density at radius 2 is 2.00 bits per heavy atom. The molecule has 6 heteroatoms. The number of nitrogens with zero attached hydrogens (tertiary/aromatic N) is 4. The molecule has 1 atom stereocenters. The first-order valence-electron chi connectivity index (χ1n) is 12.0. The minimum absolute atomic E-state index is 0.307. The van der Waals surface area contributed by atoms with Crippen molar-refractivity contribution in [2.75, 3.05) is 13.1 Å². The van der Waals surface area contributed by atoms with Crippen LogP contribution >= 0.6 is 0 Å². The third kappa shape index (κ3) is 4.28. The number of pyridine rings is 2. The molecular weight excluding hydrogens is 410 g/mol. The molecule has 0 bridgehead atoms. The Bertz CT molecular complexity index is 1260. The zero-order chi connectivity index (χ0) is 22.6. The minimum Gasteiger partial charge on any atom is -0.332 e. The lowest BCUT2D eigenvalue weighted by Crippen LogP contribution is -2.33. The van der Waals surface area contributed by atoms with Crippen LogP contribution in [0.5, 0.6) is 0 Å². The van der Waals surface area contributed by atoms with Crippen LogP contribution in [0.4, 0.5) is 0 Å². The molecule has 0 saturated carbocycles. The molecule has 170 valence electrons. The molecule has 3 aromatic heterocycles. The molecule has 0 radical (unpaired) electrons. The number of carbonyl (C=O) groups excluding carboxylic acids is 1. The van der Waals surface area contributed by atoms with Gasteiger partial charge < -0.3 is 15.1 Å². The van der Waals surface area contributed by atoms with Crippen molar-refractivity contribution in [2.45, 2.75) is 51.2 Å². The molecule has 33 heavy (non-hydrogen) atoms. The SMILES string of the molecule is NCCCCN(Cc1cc2c3ccccc3n(CC=O)c2cn1)[C@H]1CCCc2cccnc21. The first kappa shape index (κ1) is 21.7. The van der Waals surface area contributed by atoms with Crippen LogP contribution in [0.2, 0.25) is 0 Å². The van der Waals surface area contributed by atoms with Gasteiger partial charge in [0.25, 0.3) is 0 Å². The fraction of sp³-hybridized carbons (Fsp3) is 0.370. The van der Waals surface area contributed by atoms with E-state index in [2.05, 4.69) is 39.8 Å². The van der Waals surface area contributed by atoms with E-state index in [4.69, 9.17) is 15.7 Å². The van der Waals surface area contributed by atoms with Gasteiger partial charge in [-0.25, -0.2) is 0 Å². The van der Waals surface area contributed by atoms with E-state index in [0.717, 1.165) is 72.6 Å². The number of para-hydroxylation sites is 1. The second kappa shape index (κ2) is 9.81. The monoisotopic (exact) mass is 441 g/mol. The molecule has 0 fully saturated rings. The van der Waals surface area contributed by atoms with Crippen LogP contribution in [-0.2, 0) is 24.3 Å². The normalized spacial score (nSPS) is 15.9. The molecule has 0 unspecified atom stereocenters. The Kier molecular flexibility index (Phi) is 6.46. The highest BCUT2D eigenvalue weighted by Crippen LogP contribution is 2.35. The number of nitrogens with two attached hydrogens (primary N) is 1. The van der Waals surface area contributed by atoms with E-state index in [1.807, 2.05) is 24.5 Å². The molecule has 1 aliphatic carbocycles. The fourth-order valence-electron chi connectivity index (χ4n) is 5.30. The van der Waals surface area contributed by atoms with Crippen molar-refractivity contribution in [1.82, 2.24) is 19.4 Å². The van der Waals surface area contributed by atoms with Crippen molar-refractivity contribution >= 4 is 28.1 Å². The molecule has 6 nitrogen and oxygen atoms in total. The summed E-state index contributed by atoms with van der Waals surface area (Å²) in [5.74, 6) is 0. The Morgan fingerprint density at radius 3 is 2.88 bits per heavy atom. The maximum absolute atomic E-state index is 11.3. The van der Waals surface area contributed by atoms with Crippen LogP contribution in [0.25, 0.3) is 21.8 Å². The molecule has 0 spiro atoms. The smallest absolute Gasteiger partial charge is 0.139 e. The summed E-state index contributed by atoms with van der Waals surface area (Å²) in [5.41, 5.74) is 11.5. The number of aldehydes is 1. The van der Waals surface area contributed by atoms with E-state index < -0.39 is 0 Å². The van der Waals surface area contributed by atoms with Crippen molar-refractivity contribution in [3.63, 3.8) is 0 Å². The average molecular weight is 442 g/mol. The highest BCUT2D eigenvalue weighted by molar-refractivity contribution is 6.08. The fourth-order valence-corrected chi connectivity index (χ4v) is 5.30. The molecular formula is C27H31N5O. The summed E-state index contributed by atoms with van der Waals surface area (Å²) in [6, 6.07) is 15.0. The molecule has 5 rings (SSSR count). The summed E-state index contributed by atoms with van der Waals surface area (Å²) in [5, 5.41) is 2.32. The topological polar surface area (TPSA) is 77.0 Å². The molecule has 1 aromatic carbocycles. The van der Waals surface area contributed by atoms with E-state index in [1.165, 1.54) is 17.7 Å². The van der Waals surface area contributed by atoms with Crippen LogP contribution in [0, 0.1) is 0 Å². The number of carbonyl (C=O) groups is 1. The van der Waals surface area contributed by atoms with Crippen molar-refractivity contribution in [3.05, 3.63) is 71.8 Å². The predicted octanol–water partition coefficient (Wildman–Crippen LogP) is 4.40. The van der Waals surface area contributed by atoms with Gasteiger partial charge in [-0.1, -0.05) is 24.3 Å². The molecule has 3 heterocycles. The summed E-state index contributed by atoms with van der Waals surface area (Å²) in [4.78, 5) is 23.5. The summed E-state index contributed by atoms with van der Waals surface area (Å²) >= 11 is 0. The number of aryl methyl sites for hydroxylation is 1. The Morgan fingerprint density at radius 1 is 1.09 bits per heavy atom. The summed E-state index contributed by atoms with van der Waals surface area (Å²) in [7, 11) is 0. The number of fused-ring (bicyclic) bond motifs is 4. The van der Waals surface area contributed by atoms with Crippen LogP contribution in [-0.4, -0.2) is 38.8 Å². The van der Waals surface area contributed by atoms with Crippen LogP contribution in [0.15, 0.2) is 54.9 Å².